The molecule has 0 spiro atoms. The van der Waals surface area contributed by atoms with Crippen LogP contribution in [-0.2, 0) is 0 Å². The first-order valence-corrected chi connectivity index (χ1v) is 5.64. The number of benzene rings is 1. The van der Waals surface area contributed by atoms with Crippen LogP contribution in [0, 0.1) is 0 Å². The van der Waals surface area contributed by atoms with Crippen molar-refractivity contribution >= 4 is 12.4 Å². The first-order chi connectivity index (χ1) is 8.64. The van der Waals surface area contributed by atoms with E-state index in [0.717, 1.165) is 5.56 Å². The molecule has 1 N–H and O–H groups in total. The molecule has 4 nitrogen and oxygen atoms in total. The summed E-state index contributed by atoms with van der Waals surface area (Å²) in [5, 5.41) is 6.49. The highest BCUT2D eigenvalue weighted by molar-refractivity contribution is 5.85. The predicted octanol–water partition coefficient (Wildman–Crippen LogP) is 2.83. The third-order valence-electron chi connectivity index (χ3n) is 2.88. The third kappa shape index (κ3) is 2.90. The maximum atomic E-state index is 13.1. The summed E-state index contributed by atoms with van der Waals surface area (Å²) in [5.41, 5.74) is 0.803. The molecule has 1 aromatic heterocycles. The molecule has 1 aliphatic rings. The molecule has 2 heterocycles. The van der Waals surface area contributed by atoms with Crippen LogP contribution < -0.4 is 5.32 Å². The van der Waals surface area contributed by atoms with Crippen molar-refractivity contribution in [2.45, 2.75) is 18.4 Å². The Balaban J connectivity index is 0.00000133. The lowest BCUT2D eigenvalue weighted by Gasteiger charge is -2.04. The molecule has 1 saturated heterocycles. The van der Waals surface area contributed by atoms with Gasteiger partial charge >= 0.3 is 0 Å². The number of alkyl halides is 2. The van der Waals surface area contributed by atoms with Crippen LogP contribution in [0.15, 0.2) is 34.9 Å². The molecular weight excluding hydrogens is 276 g/mol. The van der Waals surface area contributed by atoms with E-state index < -0.39 is 12.0 Å². The molecule has 0 saturated carbocycles. The van der Waals surface area contributed by atoms with Crippen molar-refractivity contribution in [1.29, 1.82) is 0 Å². The Hall–Kier alpha value is -1.53. The summed E-state index contributed by atoms with van der Waals surface area (Å²) in [5.74, 6) is -2.07. The second-order valence-corrected chi connectivity index (χ2v) is 4.32. The van der Waals surface area contributed by atoms with E-state index in [1.165, 1.54) is 0 Å². The van der Waals surface area contributed by atoms with E-state index in [1.807, 2.05) is 30.3 Å². The van der Waals surface area contributed by atoms with E-state index in [4.69, 9.17) is 4.52 Å². The number of hydrogen-bond acceptors (Lipinski definition) is 4. The Labute approximate surface area is 114 Å². The first kappa shape index (κ1) is 13.9. The zero-order valence-corrected chi connectivity index (χ0v) is 10.7. The zero-order chi connectivity index (χ0) is 12.6. The van der Waals surface area contributed by atoms with Gasteiger partial charge in [0, 0.05) is 12.0 Å². The molecule has 1 aromatic carbocycles. The minimum Gasteiger partial charge on any atom is -0.337 e. The van der Waals surface area contributed by atoms with Gasteiger partial charge in [-0.2, -0.15) is 4.98 Å². The Bertz CT molecular complexity index is 547. The average Bonchev–Trinajstić information content (AvgIpc) is 2.96. The molecule has 1 fully saturated rings. The standard InChI is InChI=1S/C12H11F2N3O.ClH/c13-12(14)6-9(15-7-12)11-16-10(17-18-11)8-4-2-1-3-5-8;/h1-5,9,15H,6-7H2;1H/t9-;/m0./s1. The topological polar surface area (TPSA) is 51.0 Å². The molecule has 0 bridgehead atoms. The Kier molecular flexibility index (Phi) is 3.82. The summed E-state index contributed by atoms with van der Waals surface area (Å²) >= 11 is 0. The van der Waals surface area contributed by atoms with Crippen molar-refractivity contribution in [2.24, 2.45) is 0 Å². The number of rotatable bonds is 2. The van der Waals surface area contributed by atoms with Crippen molar-refractivity contribution in [3.63, 3.8) is 0 Å². The summed E-state index contributed by atoms with van der Waals surface area (Å²) in [6.45, 7) is -0.347. The van der Waals surface area contributed by atoms with E-state index in [9.17, 15) is 8.78 Å². The largest absolute Gasteiger partial charge is 0.337 e. The van der Waals surface area contributed by atoms with Crippen molar-refractivity contribution in [2.75, 3.05) is 6.54 Å². The fourth-order valence-electron chi connectivity index (χ4n) is 1.97. The maximum absolute atomic E-state index is 13.1. The van der Waals surface area contributed by atoms with Crippen LogP contribution in [0.5, 0.6) is 0 Å². The van der Waals surface area contributed by atoms with E-state index in [1.54, 1.807) is 0 Å². The van der Waals surface area contributed by atoms with Crippen molar-refractivity contribution in [1.82, 2.24) is 15.5 Å². The third-order valence-corrected chi connectivity index (χ3v) is 2.88. The predicted molar refractivity (Wildman–Crippen MR) is 67.3 cm³/mol. The highest BCUT2D eigenvalue weighted by Crippen LogP contribution is 2.33. The lowest BCUT2D eigenvalue weighted by Crippen LogP contribution is -2.19. The van der Waals surface area contributed by atoms with Gasteiger partial charge in [0.25, 0.3) is 5.92 Å². The zero-order valence-electron chi connectivity index (χ0n) is 9.85. The normalized spacial score (nSPS) is 21.1. The maximum Gasteiger partial charge on any atom is 0.262 e. The summed E-state index contributed by atoms with van der Waals surface area (Å²) in [7, 11) is 0. The van der Waals surface area contributed by atoms with Gasteiger partial charge in [0.1, 0.15) is 0 Å². The SMILES string of the molecule is Cl.FC1(F)CN[C@H](c2nc(-c3ccccc3)no2)C1. The van der Waals surface area contributed by atoms with E-state index >= 15 is 0 Å². The molecule has 0 radical (unpaired) electrons. The second-order valence-electron chi connectivity index (χ2n) is 4.32. The van der Waals surface area contributed by atoms with Gasteiger partial charge in [-0.15, -0.1) is 12.4 Å². The van der Waals surface area contributed by atoms with E-state index in [2.05, 4.69) is 15.5 Å². The Morgan fingerprint density at radius 2 is 2.00 bits per heavy atom. The van der Waals surface area contributed by atoms with Crippen LogP contribution in [0.25, 0.3) is 11.4 Å². The van der Waals surface area contributed by atoms with Crippen LogP contribution in [-0.4, -0.2) is 22.6 Å². The summed E-state index contributed by atoms with van der Waals surface area (Å²) in [6.07, 6.45) is -0.302. The van der Waals surface area contributed by atoms with Gasteiger partial charge in [0.2, 0.25) is 11.7 Å². The minimum atomic E-state index is -2.70. The molecule has 1 aliphatic heterocycles. The highest BCUT2D eigenvalue weighted by Gasteiger charge is 2.42. The molecule has 2 aromatic rings. The Morgan fingerprint density at radius 3 is 2.63 bits per heavy atom. The molecule has 0 aliphatic carbocycles. The number of halogens is 3. The van der Waals surface area contributed by atoms with Crippen LogP contribution in [0.3, 0.4) is 0 Å². The average molecular weight is 288 g/mol. The smallest absolute Gasteiger partial charge is 0.262 e. The fourth-order valence-corrected chi connectivity index (χ4v) is 1.97. The summed E-state index contributed by atoms with van der Waals surface area (Å²) < 4.78 is 31.2. The van der Waals surface area contributed by atoms with Gasteiger partial charge in [-0.1, -0.05) is 35.5 Å². The van der Waals surface area contributed by atoms with Gasteiger partial charge in [0.15, 0.2) is 0 Å². The monoisotopic (exact) mass is 287 g/mol. The quantitative estimate of drug-likeness (QED) is 0.923. The van der Waals surface area contributed by atoms with Crippen LogP contribution in [0.2, 0.25) is 0 Å². The molecule has 102 valence electrons. The van der Waals surface area contributed by atoms with Gasteiger partial charge in [-0.25, -0.2) is 8.78 Å². The molecule has 1 atom stereocenters. The van der Waals surface area contributed by atoms with Crippen LogP contribution in [0.4, 0.5) is 8.78 Å². The van der Waals surface area contributed by atoms with E-state index in [-0.39, 0.29) is 31.3 Å². The number of aromatic nitrogens is 2. The number of nitrogens with zero attached hydrogens (tertiary/aromatic N) is 2. The summed E-state index contributed by atoms with van der Waals surface area (Å²) in [6, 6.07) is 8.70. The molecule has 19 heavy (non-hydrogen) atoms. The molecular formula is C12H12ClF2N3O. The molecule has 7 heteroatoms. The van der Waals surface area contributed by atoms with Gasteiger partial charge < -0.3 is 4.52 Å². The Morgan fingerprint density at radius 1 is 1.26 bits per heavy atom. The molecule has 3 rings (SSSR count). The van der Waals surface area contributed by atoms with Crippen molar-refractivity contribution in [3.05, 3.63) is 36.2 Å². The number of hydrogen-bond donors (Lipinski definition) is 1. The van der Waals surface area contributed by atoms with Crippen LogP contribution in [0.1, 0.15) is 18.4 Å². The fraction of sp³-hybridized carbons (Fsp3) is 0.333. The molecule has 0 unspecified atom stereocenters. The summed E-state index contributed by atoms with van der Waals surface area (Å²) in [4.78, 5) is 4.15. The highest BCUT2D eigenvalue weighted by atomic mass is 35.5. The van der Waals surface area contributed by atoms with Crippen molar-refractivity contribution in [3.8, 4) is 11.4 Å². The lowest BCUT2D eigenvalue weighted by atomic mass is 10.2. The first-order valence-electron chi connectivity index (χ1n) is 5.64. The minimum absolute atomic E-state index is 0. The van der Waals surface area contributed by atoms with E-state index in [0.29, 0.717) is 5.82 Å². The molecule has 0 amide bonds. The lowest BCUT2D eigenvalue weighted by molar-refractivity contribution is 0.0200. The van der Waals surface area contributed by atoms with Crippen molar-refractivity contribution < 1.29 is 13.3 Å². The van der Waals surface area contributed by atoms with Gasteiger partial charge in [0.05, 0.1) is 12.6 Å². The second kappa shape index (κ2) is 5.22. The van der Waals surface area contributed by atoms with Crippen LogP contribution >= 0.6 is 12.4 Å². The van der Waals surface area contributed by atoms with Gasteiger partial charge in [-0.05, 0) is 0 Å². The number of nitrogens with one attached hydrogen (secondary N) is 1. The van der Waals surface area contributed by atoms with Gasteiger partial charge in [-0.3, -0.25) is 5.32 Å².